The first-order chi connectivity index (χ1) is 8.90. The van der Waals surface area contributed by atoms with Crippen LogP contribution in [-0.2, 0) is 13.1 Å². The van der Waals surface area contributed by atoms with E-state index in [1.165, 1.54) is 11.1 Å². The molecule has 0 heterocycles. The van der Waals surface area contributed by atoms with E-state index in [-0.39, 0.29) is 0 Å². The minimum atomic E-state index is 0.704. The Labute approximate surface area is 109 Å². The van der Waals surface area contributed by atoms with Crippen LogP contribution in [0.5, 0.6) is 5.75 Å². The molecule has 2 rings (SSSR count). The van der Waals surface area contributed by atoms with Crippen molar-refractivity contribution in [3.63, 3.8) is 0 Å². The van der Waals surface area contributed by atoms with Gasteiger partial charge in [-0.1, -0.05) is 48.5 Å². The highest BCUT2D eigenvalue weighted by atomic mass is 16.5. The molecule has 0 saturated carbocycles. The van der Waals surface area contributed by atoms with E-state index in [1.807, 2.05) is 31.2 Å². The molecule has 2 aromatic carbocycles. The molecule has 0 aliphatic heterocycles. The molecule has 94 valence electrons. The maximum atomic E-state index is 5.60. The van der Waals surface area contributed by atoms with Crippen molar-refractivity contribution in [2.45, 2.75) is 20.0 Å². The maximum Gasteiger partial charge on any atom is 0.123 e. The van der Waals surface area contributed by atoms with Gasteiger partial charge < -0.3 is 10.1 Å². The van der Waals surface area contributed by atoms with E-state index in [2.05, 4.69) is 35.6 Å². The molecule has 0 saturated heterocycles. The number of hydrogen-bond acceptors (Lipinski definition) is 2. The van der Waals surface area contributed by atoms with Crippen LogP contribution < -0.4 is 10.1 Å². The second-order valence-corrected chi connectivity index (χ2v) is 4.13. The van der Waals surface area contributed by atoms with Crippen molar-refractivity contribution >= 4 is 0 Å². The molecule has 2 nitrogen and oxygen atoms in total. The SMILES string of the molecule is CCOc1ccccc1CNCc1ccccc1. The Hall–Kier alpha value is -1.80. The summed E-state index contributed by atoms with van der Waals surface area (Å²) in [6, 6.07) is 18.6. The normalized spacial score (nSPS) is 10.3. The van der Waals surface area contributed by atoms with Gasteiger partial charge in [0.25, 0.3) is 0 Å². The third-order valence-corrected chi connectivity index (χ3v) is 2.76. The molecule has 0 aliphatic carbocycles. The van der Waals surface area contributed by atoms with Crippen LogP contribution in [0.4, 0.5) is 0 Å². The van der Waals surface area contributed by atoms with Crippen molar-refractivity contribution in [2.24, 2.45) is 0 Å². The summed E-state index contributed by atoms with van der Waals surface area (Å²) in [5.41, 5.74) is 2.50. The molecule has 0 atom stereocenters. The van der Waals surface area contributed by atoms with Gasteiger partial charge in [-0.25, -0.2) is 0 Å². The van der Waals surface area contributed by atoms with Gasteiger partial charge >= 0.3 is 0 Å². The molecule has 1 N–H and O–H groups in total. The van der Waals surface area contributed by atoms with Gasteiger partial charge in [-0.15, -0.1) is 0 Å². The lowest BCUT2D eigenvalue weighted by molar-refractivity contribution is 0.335. The summed E-state index contributed by atoms with van der Waals surface area (Å²) in [7, 11) is 0. The highest BCUT2D eigenvalue weighted by Gasteiger charge is 2.01. The van der Waals surface area contributed by atoms with Crippen LogP contribution >= 0.6 is 0 Å². The predicted octanol–water partition coefficient (Wildman–Crippen LogP) is 3.38. The topological polar surface area (TPSA) is 21.3 Å². The number of para-hydroxylation sites is 1. The van der Waals surface area contributed by atoms with Gasteiger partial charge in [0.1, 0.15) is 5.75 Å². The van der Waals surface area contributed by atoms with Gasteiger partial charge in [-0.3, -0.25) is 0 Å². The highest BCUT2D eigenvalue weighted by Crippen LogP contribution is 2.17. The van der Waals surface area contributed by atoms with Crippen molar-refractivity contribution in [1.29, 1.82) is 0 Å². The van der Waals surface area contributed by atoms with Gasteiger partial charge in [0, 0.05) is 18.7 Å². The molecule has 0 unspecified atom stereocenters. The second-order valence-electron chi connectivity index (χ2n) is 4.13. The average Bonchev–Trinajstić information content (AvgIpc) is 2.42. The lowest BCUT2D eigenvalue weighted by atomic mass is 10.2. The summed E-state index contributed by atoms with van der Waals surface area (Å²) < 4.78 is 5.60. The predicted molar refractivity (Wildman–Crippen MR) is 74.6 cm³/mol. The fourth-order valence-electron chi connectivity index (χ4n) is 1.88. The molecule has 0 bridgehead atoms. The van der Waals surface area contributed by atoms with Crippen molar-refractivity contribution in [3.8, 4) is 5.75 Å². The van der Waals surface area contributed by atoms with Crippen LogP contribution in [0, 0.1) is 0 Å². The molecule has 0 amide bonds. The smallest absolute Gasteiger partial charge is 0.123 e. The van der Waals surface area contributed by atoms with E-state index in [0.717, 1.165) is 18.8 Å². The fraction of sp³-hybridized carbons (Fsp3) is 0.250. The first-order valence-corrected chi connectivity index (χ1v) is 6.35. The minimum Gasteiger partial charge on any atom is -0.494 e. The minimum absolute atomic E-state index is 0.704. The first-order valence-electron chi connectivity index (χ1n) is 6.35. The Morgan fingerprint density at radius 1 is 0.889 bits per heavy atom. The van der Waals surface area contributed by atoms with Crippen LogP contribution in [0.1, 0.15) is 18.1 Å². The lowest BCUT2D eigenvalue weighted by Crippen LogP contribution is -2.13. The number of nitrogens with one attached hydrogen (secondary N) is 1. The summed E-state index contributed by atoms with van der Waals surface area (Å²) in [5.74, 6) is 0.973. The summed E-state index contributed by atoms with van der Waals surface area (Å²) in [6.45, 7) is 4.41. The van der Waals surface area contributed by atoms with Crippen LogP contribution in [0.3, 0.4) is 0 Å². The highest BCUT2D eigenvalue weighted by molar-refractivity contribution is 5.33. The number of rotatable bonds is 6. The Morgan fingerprint density at radius 3 is 2.39 bits per heavy atom. The van der Waals surface area contributed by atoms with E-state index in [0.29, 0.717) is 6.61 Å². The zero-order valence-electron chi connectivity index (χ0n) is 10.7. The summed E-state index contributed by atoms with van der Waals surface area (Å²) >= 11 is 0. The van der Waals surface area contributed by atoms with Crippen molar-refractivity contribution in [2.75, 3.05) is 6.61 Å². The Bertz CT molecular complexity index is 468. The molecule has 0 radical (unpaired) electrons. The van der Waals surface area contributed by atoms with Gasteiger partial charge in [0.15, 0.2) is 0 Å². The Morgan fingerprint density at radius 2 is 1.61 bits per heavy atom. The maximum absolute atomic E-state index is 5.60. The molecule has 2 aromatic rings. The molecule has 0 spiro atoms. The molecule has 0 aromatic heterocycles. The van der Waals surface area contributed by atoms with Crippen LogP contribution in [0.15, 0.2) is 54.6 Å². The molecule has 18 heavy (non-hydrogen) atoms. The summed E-state index contributed by atoms with van der Waals surface area (Å²) in [5, 5.41) is 3.44. The molecular weight excluding hydrogens is 222 g/mol. The zero-order valence-corrected chi connectivity index (χ0v) is 10.7. The number of benzene rings is 2. The Balaban J connectivity index is 1.90. The van der Waals surface area contributed by atoms with Crippen LogP contribution in [0.2, 0.25) is 0 Å². The van der Waals surface area contributed by atoms with Crippen LogP contribution in [0.25, 0.3) is 0 Å². The Kier molecular flexibility index (Phi) is 4.79. The van der Waals surface area contributed by atoms with Crippen molar-refractivity contribution < 1.29 is 4.74 Å². The van der Waals surface area contributed by atoms with E-state index in [1.54, 1.807) is 0 Å². The third kappa shape index (κ3) is 3.60. The fourth-order valence-corrected chi connectivity index (χ4v) is 1.88. The van der Waals surface area contributed by atoms with Gasteiger partial charge in [-0.05, 0) is 18.6 Å². The van der Waals surface area contributed by atoms with E-state index < -0.39 is 0 Å². The number of hydrogen-bond donors (Lipinski definition) is 1. The first kappa shape index (κ1) is 12.7. The van der Waals surface area contributed by atoms with Gasteiger partial charge in [0.05, 0.1) is 6.61 Å². The molecular formula is C16H19NO. The van der Waals surface area contributed by atoms with Crippen molar-refractivity contribution in [1.82, 2.24) is 5.32 Å². The van der Waals surface area contributed by atoms with E-state index in [9.17, 15) is 0 Å². The molecule has 0 fully saturated rings. The van der Waals surface area contributed by atoms with Gasteiger partial charge in [0.2, 0.25) is 0 Å². The molecule has 0 aliphatic rings. The second kappa shape index (κ2) is 6.82. The number of ether oxygens (including phenoxy) is 1. The standard InChI is InChI=1S/C16H19NO/c1-2-18-16-11-7-6-10-15(16)13-17-12-14-8-4-3-5-9-14/h3-11,17H,2,12-13H2,1H3. The van der Waals surface area contributed by atoms with Crippen LogP contribution in [-0.4, -0.2) is 6.61 Å². The van der Waals surface area contributed by atoms with Crippen molar-refractivity contribution in [3.05, 3.63) is 65.7 Å². The van der Waals surface area contributed by atoms with E-state index in [4.69, 9.17) is 4.74 Å². The summed E-state index contributed by atoms with van der Waals surface area (Å²) in [4.78, 5) is 0. The van der Waals surface area contributed by atoms with E-state index >= 15 is 0 Å². The molecule has 2 heteroatoms. The lowest BCUT2D eigenvalue weighted by Gasteiger charge is -2.10. The van der Waals surface area contributed by atoms with Gasteiger partial charge in [-0.2, -0.15) is 0 Å². The quantitative estimate of drug-likeness (QED) is 0.837. The average molecular weight is 241 g/mol. The monoisotopic (exact) mass is 241 g/mol. The largest absolute Gasteiger partial charge is 0.494 e. The third-order valence-electron chi connectivity index (χ3n) is 2.76. The summed E-state index contributed by atoms with van der Waals surface area (Å²) in [6.07, 6.45) is 0. The zero-order chi connectivity index (χ0) is 12.6.